The van der Waals surface area contributed by atoms with E-state index in [4.69, 9.17) is 0 Å². The summed E-state index contributed by atoms with van der Waals surface area (Å²) < 4.78 is 3.58. The standard InChI is InChI=1S/C21H22N6O/c1-3-17(4-2)27-19(28)11-6-15-14-22-21(25-20(15)27)24-16-7-9-18(10-8-16)26-13-5-12-23-26/h5-14,17H,3-4H2,1-2H3,(H,22,24,25). The molecule has 0 amide bonds. The summed E-state index contributed by atoms with van der Waals surface area (Å²) in [4.78, 5) is 21.5. The number of nitrogens with zero attached hydrogens (tertiary/aromatic N) is 5. The van der Waals surface area contributed by atoms with Crippen LogP contribution in [0, 0.1) is 0 Å². The summed E-state index contributed by atoms with van der Waals surface area (Å²) in [5.74, 6) is 0.463. The topological polar surface area (TPSA) is 77.6 Å². The summed E-state index contributed by atoms with van der Waals surface area (Å²) in [6, 6.07) is 13.2. The minimum absolute atomic E-state index is 0.0329. The van der Waals surface area contributed by atoms with Gasteiger partial charge < -0.3 is 5.32 Å². The number of hydrogen-bond donors (Lipinski definition) is 1. The average molecular weight is 374 g/mol. The molecule has 3 heterocycles. The maximum atomic E-state index is 12.5. The van der Waals surface area contributed by atoms with E-state index in [9.17, 15) is 4.79 Å². The van der Waals surface area contributed by atoms with Crippen LogP contribution in [0.2, 0.25) is 0 Å². The van der Waals surface area contributed by atoms with Gasteiger partial charge in [-0.15, -0.1) is 0 Å². The van der Waals surface area contributed by atoms with Crippen LogP contribution in [-0.4, -0.2) is 24.3 Å². The van der Waals surface area contributed by atoms with E-state index in [0.717, 1.165) is 29.6 Å². The first-order valence-electron chi connectivity index (χ1n) is 9.45. The third-order valence-corrected chi connectivity index (χ3v) is 4.87. The molecular weight excluding hydrogens is 352 g/mol. The summed E-state index contributed by atoms with van der Waals surface area (Å²) in [6.07, 6.45) is 7.13. The van der Waals surface area contributed by atoms with Crippen LogP contribution in [0.1, 0.15) is 32.7 Å². The number of benzene rings is 1. The first kappa shape index (κ1) is 17.9. The van der Waals surface area contributed by atoms with Crippen molar-refractivity contribution in [2.45, 2.75) is 32.7 Å². The highest BCUT2D eigenvalue weighted by atomic mass is 16.1. The lowest BCUT2D eigenvalue weighted by Crippen LogP contribution is -2.24. The lowest BCUT2D eigenvalue weighted by Gasteiger charge is -2.18. The Balaban J connectivity index is 1.68. The molecule has 4 aromatic rings. The molecule has 7 nitrogen and oxygen atoms in total. The predicted molar refractivity (Wildman–Crippen MR) is 110 cm³/mol. The first-order chi connectivity index (χ1) is 13.7. The number of fused-ring (bicyclic) bond motifs is 1. The van der Waals surface area contributed by atoms with Crippen molar-refractivity contribution in [3.05, 3.63) is 71.4 Å². The Hall–Kier alpha value is -3.48. The highest BCUT2D eigenvalue weighted by Crippen LogP contribution is 2.21. The lowest BCUT2D eigenvalue weighted by molar-refractivity contribution is 0.470. The molecule has 0 spiro atoms. The zero-order valence-corrected chi connectivity index (χ0v) is 15.9. The number of nitrogens with one attached hydrogen (secondary N) is 1. The van der Waals surface area contributed by atoms with Crippen molar-refractivity contribution in [3.63, 3.8) is 0 Å². The van der Waals surface area contributed by atoms with Crippen LogP contribution >= 0.6 is 0 Å². The van der Waals surface area contributed by atoms with Gasteiger partial charge >= 0.3 is 0 Å². The van der Waals surface area contributed by atoms with Gasteiger partial charge in [-0.25, -0.2) is 9.67 Å². The largest absolute Gasteiger partial charge is 0.324 e. The zero-order chi connectivity index (χ0) is 19.5. The third kappa shape index (κ3) is 3.38. The van der Waals surface area contributed by atoms with E-state index in [-0.39, 0.29) is 11.6 Å². The molecular formula is C21H22N6O. The van der Waals surface area contributed by atoms with Gasteiger partial charge in [0.1, 0.15) is 5.65 Å². The van der Waals surface area contributed by atoms with E-state index in [1.165, 1.54) is 0 Å². The van der Waals surface area contributed by atoms with Gasteiger partial charge in [-0.1, -0.05) is 13.8 Å². The van der Waals surface area contributed by atoms with E-state index >= 15 is 0 Å². The minimum atomic E-state index is -0.0329. The molecule has 0 aliphatic heterocycles. The highest BCUT2D eigenvalue weighted by Gasteiger charge is 2.13. The Morgan fingerprint density at radius 2 is 1.86 bits per heavy atom. The Morgan fingerprint density at radius 3 is 2.54 bits per heavy atom. The van der Waals surface area contributed by atoms with Gasteiger partial charge in [0.05, 0.1) is 5.69 Å². The lowest BCUT2D eigenvalue weighted by atomic mass is 10.1. The Morgan fingerprint density at radius 1 is 1.07 bits per heavy atom. The summed E-state index contributed by atoms with van der Waals surface area (Å²) in [7, 11) is 0. The van der Waals surface area contributed by atoms with Gasteiger partial charge in [-0.2, -0.15) is 10.1 Å². The van der Waals surface area contributed by atoms with Crippen LogP contribution in [0.3, 0.4) is 0 Å². The fraction of sp³-hybridized carbons (Fsp3) is 0.238. The number of rotatable bonds is 6. The fourth-order valence-electron chi connectivity index (χ4n) is 3.35. The monoisotopic (exact) mass is 374 g/mol. The van der Waals surface area contributed by atoms with Gasteiger partial charge in [0.2, 0.25) is 5.95 Å². The van der Waals surface area contributed by atoms with E-state index < -0.39 is 0 Å². The normalized spacial score (nSPS) is 11.2. The van der Waals surface area contributed by atoms with Gasteiger partial charge in [-0.05, 0) is 49.2 Å². The molecule has 1 N–H and O–H groups in total. The molecule has 28 heavy (non-hydrogen) atoms. The highest BCUT2D eigenvalue weighted by molar-refractivity contribution is 5.75. The van der Waals surface area contributed by atoms with Gasteiger partial charge in [0, 0.05) is 41.8 Å². The second-order valence-corrected chi connectivity index (χ2v) is 6.61. The molecule has 3 aromatic heterocycles. The van der Waals surface area contributed by atoms with Crippen LogP contribution in [0.4, 0.5) is 11.6 Å². The Bertz CT molecular complexity index is 1130. The number of hydrogen-bond acceptors (Lipinski definition) is 5. The SMILES string of the molecule is CCC(CC)n1c(=O)ccc2cnc(Nc3ccc(-n4cccn4)cc3)nc21. The van der Waals surface area contributed by atoms with Crippen molar-refractivity contribution >= 4 is 22.7 Å². The third-order valence-electron chi connectivity index (χ3n) is 4.87. The van der Waals surface area contributed by atoms with Gasteiger partial charge in [0.15, 0.2) is 0 Å². The summed E-state index contributed by atoms with van der Waals surface area (Å²) in [5, 5.41) is 8.30. The molecule has 142 valence electrons. The zero-order valence-electron chi connectivity index (χ0n) is 15.9. The second-order valence-electron chi connectivity index (χ2n) is 6.61. The molecule has 0 unspecified atom stereocenters. The first-order valence-corrected chi connectivity index (χ1v) is 9.45. The van der Waals surface area contributed by atoms with Gasteiger partial charge in [-0.3, -0.25) is 9.36 Å². The molecule has 0 saturated carbocycles. The van der Waals surface area contributed by atoms with Crippen LogP contribution in [0.15, 0.2) is 65.8 Å². The molecule has 0 radical (unpaired) electrons. The maximum absolute atomic E-state index is 12.5. The molecule has 4 rings (SSSR count). The fourth-order valence-corrected chi connectivity index (χ4v) is 3.35. The van der Waals surface area contributed by atoms with Crippen molar-refractivity contribution in [2.24, 2.45) is 0 Å². The van der Waals surface area contributed by atoms with Crippen molar-refractivity contribution < 1.29 is 0 Å². The van der Waals surface area contributed by atoms with E-state index in [1.54, 1.807) is 33.8 Å². The van der Waals surface area contributed by atoms with Crippen molar-refractivity contribution in [1.82, 2.24) is 24.3 Å². The van der Waals surface area contributed by atoms with E-state index in [1.807, 2.05) is 36.5 Å². The second kappa shape index (κ2) is 7.64. The van der Waals surface area contributed by atoms with Crippen molar-refractivity contribution in [3.8, 4) is 5.69 Å². The quantitative estimate of drug-likeness (QED) is 0.550. The van der Waals surface area contributed by atoms with Crippen molar-refractivity contribution in [1.29, 1.82) is 0 Å². The molecule has 0 bridgehead atoms. The predicted octanol–water partition coefficient (Wildman–Crippen LogP) is 4.08. The number of aromatic nitrogens is 5. The number of pyridine rings is 1. The van der Waals surface area contributed by atoms with E-state index in [0.29, 0.717) is 11.6 Å². The van der Waals surface area contributed by atoms with Crippen LogP contribution < -0.4 is 10.9 Å². The van der Waals surface area contributed by atoms with Crippen LogP contribution in [-0.2, 0) is 0 Å². The molecule has 0 aliphatic rings. The number of anilines is 2. The summed E-state index contributed by atoms with van der Waals surface area (Å²) >= 11 is 0. The molecule has 7 heteroatoms. The van der Waals surface area contributed by atoms with Crippen LogP contribution in [0.25, 0.3) is 16.7 Å². The van der Waals surface area contributed by atoms with Crippen molar-refractivity contribution in [2.75, 3.05) is 5.32 Å². The maximum Gasteiger partial charge on any atom is 0.252 e. The van der Waals surface area contributed by atoms with Gasteiger partial charge in [0.25, 0.3) is 5.56 Å². The molecule has 0 aliphatic carbocycles. The van der Waals surface area contributed by atoms with E-state index in [2.05, 4.69) is 34.2 Å². The Labute approximate surface area is 162 Å². The molecule has 1 aromatic carbocycles. The summed E-state index contributed by atoms with van der Waals surface area (Å²) in [6.45, 7) is 4.17. The average Bonchev–Trinajstić information content (AvgIpc) is 3.26. The minimum Gasteiger partial charge on any atom is -0.324 e. The Kier molecular flexibility index (Phi) is 4.89. The molecule has 0 atom stereocenters. The smallest absolute Gasteiger partial charge is 0.252 e. The molecule has 0 saturated heterocycles. The summed E-state index contributed by atoms with van der Waals surface area (Å²) in [5.41, 5.74) is 2.46. The molecule has 0 fully saturated rings. The van der Waals surface area contributed by atoms with Crippen LogP contribution in [0.5, 0.6) is 0 Å².